The fourth-order valence-electron chi connectivity index (χ4n) is 1.54. The largest absolute Gasteiger partial charge is 0.389 e. The predicted molar refractivity (Wildman–Crippen MR) is 66.1 cm³/mol. The number of aliphatic hydroxyl groups is 1. The van der Waals surface area contributed by atoms with Crippen LogP contribution in [0.1, 0.15) is 23.2 Å². The van der Waals surface area contributed by atoms with Crippen LogP contribution in [-0.4, -0.2) is 41.9 Å². The van der Waals surface area contributed by atoms with Gasteiger partial charge in [0.1, 0.15) is 0 Å². The molecule has 2 N–H and O–H groups in total. The van der Waals surface area contributed by atoms with E-state index in [0.717, 1.165) is 12.3 Å². The molecule has 1 unspecified atom stereocenters. The van der Waals surface area contributed by atoms with Crippen molar-refractivity contribution in [3.63, 3.8) is 0 Å². The third-order valence-corrected chi connectivity index (χ3v) is 2.85. The number of carbonyl (C=O) groups is 1. The number of rotatable bonds is 7. The molecule has 2 rings (SSSR count). The van der Waals surface area contributed by atoms with Gasteiger partial charge in [0.05, 0.1) is 18.3 Å². The molecule has 19 heavy (non-hydrogen) atoms. The SMILES string of the molecule is O=C(NCC(O)COCC1CC1)c1ccc(F)nc1. The first-order valence-corrected chi connectivity index (χ1v) is 6.30. The maximum absolute atomic E-state index is 12.6. The van der Waals surface area contributed by atoms with Gasteiger partial charge in [-0.2, -0.15) is 4.39 Å². The van der Waals surface area contributed by atoms with Crippen LogP contribution in [0.25, 0.3) is 0 Å². The van der Waals surface area contributed by atoms with Crippen molar-refractivity contribution in [3.8, 4) is 0 Å². The summed E-state index contributed by atoms with van der Waals surface area (Å²) in [7, 11) is 0. The highest BCUT2D eigenvalue weighted by Gasteiger charge is 2.21. The molecule has 1 atom stereocenters. The molecule has 5 nitrogen and oxygen atoms in total. The van der Waals surface area contributed by atoms with Gasteiger partial charge in [-0.3, -0.25) is 4.79 Å². The van der Waals surface area contributed by atoms with Crippen LogP contribution in [-0.2, 0) is 4.74 Å². The zero-order chi connectivity index (χ0) is 13.7. The van der Waals surface area contributed by atoms with Crippen molar-refractivity contribution in [3.05, 3.63) is 29.8 Å². The minimum atomic E-state index is -0.740. The monoisotopic (exact) mass is 268 g/mol. The Morgan fingerprint density at radius 1 is 1.58 bits per heavy atom. The van der Waals surface area contributed by atoms with Crippen molar-refractivity contribution in [2.45, 2.75) is 18.9 Å². The molecule has 1 aliphatic carbocycles. The minimum absolute atomic E-state index is 0.0981. The molecule has 1 amide bonds. The highest BCUT2D eigenvalue weighted by Crippen LogP contribution is 2.28. The molecular weight excluding hydrogens is 251 g/mol. The number of aromatic nitrogens is 1. The Morgan fingerprint density at radius 2 is 2.37 bits per heavy atom. The van der Waals surface area contributed by atoms with E-state index in [1.54, 1.807) is 0 Å². The van der Waals surface area contributed by atoms with Crippen LogP contribution in [0.15, 0.2) is 18.3 Å². The molecule has 0 aliphatic heterocycles. The van der Waals surface area contributed by atoms with Crippen LogP contribution in [0.4, 0.5) is 4.39 Å². The smallest absolute Gasteiger partial charge is 0.252 e. The highest BCUT2D eigenvalue weighted by molar-refractivity contribution is 5.93. The van der Waals surface area contributed by atoms with Gasteiger partial charge in [-0.15, -0.1) is 0 Å². The summed E-state index contributed by atoms with van der Waals surface area (Å²) >= 11 is 0. The lowest BCUT2D eigenvalue weighted by molar-refractivity contribution is 0.0320. The molecule has 0 spiro atoms. The number of carbonyl (C=O) groups excluding carboxylic acids is 1. The molecule has 1 aromatic heterocycles. The first-order valence-electron chi connectivity index (χ1n) is 6.30. The van der Waals surface area contributed by atoms with Crippen LogP contribution >= 0.6 is 0 Å². The minimum Gasteiger partial charge on any atom is -0.389 e. The lowest BCUT2D eigenvalue weighted by Gasteiger charge is -2.12. The summed E-state index contributed by atoms with van der Waals surface area (Å²) in [6.45, 7) is 0.978. The molecule has 0 bridgehead atoms. The zero-order valence-electron chi connectivity index (χ0n) is 10.5. The molecule has 1 heterocycles. The molecule has 0 saturated heterocycles. The summed E-state index contributed by atoms with van der Waals surface area (Å²) < 4.78 is 17.9. The topological polar surface area (TPSA) is 71.5 Å². The van der Waals surface area contributed by atoms with Crippen molar-refractivity contribution in [1.29, 1.82) is 0 Å². The maximum Gasteiger partial charge on any atom is 0.252 e. The number of ether oxygens (including phenoxy) is 1. The second-order valence-electron chi connectivity index (χ2n) is 4.71. The first kappa shape index (κ1) is 13.9. The van der Waals surface area contributed by atoms with E-state index in [1.807, 2.05) is 0 Å². The standard InChI is InChI=1S/C13H17FN2O3/c14-12-4-3-10(5-15-12)13(18)16-6-11(17)8-19-7-9-1-2-9/h3-5,9,11,17H,1-2,6-8H2,(H,16,18). The average Bonchev–Trinajstić information content (AvgIpc) is 3.21. The van der Waals surface area contributed by atoms with Crippen LogP contribution in [0.5, 0.6) is 0 Å². The van der Waals surface area contributed by atoms with Gasteiger partial charge < -0.3 is 15.2 Å². The molecular formula is C13H17FN2O3. The Balaban J connectivity index is 1.65. The van der Waals surface area contributed by atoms with Crippen LogP contribution < -0.4 is 5.32 Å². The van der Waals surface area contributed by atoms with Gasteiger partial charge >= 0.3 is 0 Å². The highest BCUT2D eigenvalue weighted by atomic mass is 19.1. The molecule has 0 aromatic carbocycles. The molecule has 6 heteroatoms. The van der Waals surface area contributed by atoms with Gasteiger partial charge in [-0.1, -0.05) is 0 Å². The van der Waals surface area contributed by atoms with E-state index in [1.165, 1.54) is 18.9 Å². The van der Waals surface area contributed by atoms with Gasteiger partial charge in [0.15, 0.2) is 0 Å². The van der Waals surface area contributed by atoms with Crippen molar-refractivity contribution in [2.75, 3.05) is 19.8 Å². The van der Waals surface area contributed by atoms with E-state index in [9.17, 15) is 14.3 Å². The predicted octanol–water partition coefficient (Wildman–Crippen LogP) is 0.738. The second kappa shape index (κ2) is 6.58. The third-order valence-electron chi connectivity index (χ3n) is 2.85. The molecule has 1 aliphatic rings. The van der Waals surface area contributed by atoms with Crippen LogP contribution in [0.3, 0.4) is 0 Å². The zero-order valence-corrected chi connectivity index (χ0v) is 10.5. The fraction of sp³-hybridized carbons (Fsp3) is 0.538. The Morgan fingerprint density at radius 3 is 3.00 bits per heavy atom. The van der Waals surface area contributed by atoms with E-state index in [0.29, 0.717) is 12.5 Å². The number of aliphatic hydroxyl groups excluding tert-OH is 1. The number of pyridine rings is 1. The average molecular weight is 268 g/mol. The molecule has 104 valence electrons. The number of hydrogen-bond acceptors (Lipinski definition) is 4. The van der Waals surface area contributed by atoms with Crippen LogP contribution in [0.2, 0.25) is 0 Å². The quantitative estimate of drug-likeness (QED) is 0.715. The van der Waals surface area contributed by atoms with Gasteiger partial charge in [0.25, 0.3) is 5.91 Å². The Kier molecular flexibility index (Phi) is 4.81. The van der Waals surface area contributed by atoms with Crippen molar-refractivity contribution in [2.24, 2.45) is 5.92 Å². The number of nitrogens with zero attached hydrogens (tertiary/aromatic N) is 1. The van der Waals surface area contributed by atoms with E-state index < -0.39 is 18.0 Å². The summed E-state index contributed by atoms with van der Waals surface area (Å²) in [6, 6.07) is 2.46. The number of nitrogens with one attached hydrogen (secondary N) is 1. The maximum atomic E-state index is 12.6. The molecule has 1 saturated carbocycles. The summed E-state index contributed by atoms with van der Waals surface area (Å²) in [6.07, 6.45) is 2.81. The van der Waals surface area contributed by atoms with Gasteiger partial charge in [-0.05, 0) is 30.9 Å². The van der Waals surface area contributed by atoms with E-state index in [-0.39, 0.29) is 18.7 Å². The summed E-state index contributed by atoms with van der Waals surface area (Å²) in [5.74, 6) is -0.383. The Hall–Kier alpha value is -1.53. The van der Waals surface area contributed by atoms with E-state index >= 15 is 0 Å². The summed E-state index contributed by atoms with van der Waals surface area (Å²) in [4.78, 5) is 15.0. The number of amides is 1. The fourth-order valence-corrected chi connectivity index (χ4v) is 1.54. The summed E-state index contributed by atoms with van der Waals surface area (Å²) in [5.41, 5.74) is 0.257. The van der Waals surface area contributed by atoms with E-state index in [2.05, 4.69) is 10.3 Å². The Labute approximate surface area is 110 Å². The number of hydrogen-bond donors (Lipinski definition) is 2. The lowest BCUT2D eigenvalue weighted by atomic mass is 10.2. The van der Waals surface area contributed by atoms with Crippen molar-refractivity contribution >= 4 is 5.91 Å². The van der Waals surface area contributed by atoms with E-state index in [4.69, 9.17) is 4.74 Å². The van der Waals surface area contributed by atoms with Crippen molar-refractivity contribution in [1.82, 2.24) is 10.3 Å². The molecule has 0 radical (unpaired) electrons. The second-order valence-corrected chi connectivity index (χ2v) is 4.71. The summed E-state index contributed by atoms with van der Waals surface area (Å²) in [5, 5.41) is 12.1. The van der Waals surface area contributed by atoms with Gasteiger partial charge in [0, 0.05) is 19.3 Å². The van der Waals surface area contributed by atoms with Crippen molar-refractivity contribution < 1.29 is 19.0 Å². The molecule has 1 aromatic rings. The normalized spacial score (nSPS) is 16.1. The Bertz CT molecular complexity index is 420. The van der Waals surface area contributed by atoms with Gasteiger partial charge in [0.2, 0.25) is 5.95 Å². The number of halogens is 1. The third kappa shape index (κ3) is 4.92. The lowest BCUT2D eigenvalue weighted by Crippen LogP contribution is -2.34. The van der Waals surface area contributed by atoms with Gasteiger partial charge in [-0.25, -0.2) is 4.98 Å². The molecule has 1 fully saturated rings. The first-order chi connectivity index (χ1) is 9.15. The van der Waals surface area contributed by atoms with Crippen LogP contribution in [0, 0.1) is 11.9 Å².